The number of hydrogen-bond acceptors (Lipinski definition) is 5. The lowest BCUT2D eigenvalue weighted by molar-refractivity contribution is -0.385. The Labute approximate surface area is 137 Å². The van der Waals surface area contributed by atoms with Crippen molar-refractivity contribution in [3.63, 3.8) is 0 Å². The molecule has 1 atom stereocenters. The SMILES string of the molecule is COc1cc(N(C)Cc2ccc(S(C)=O)cc2)ccc1[N+](=O)[O-]. The monoisotopic (exact) mass is 334 g/mol. The second-order valence-corrected chi connectivity index (χ2v) is 6.45. The number of methoxy groups -OCH3 is 1. The number of hydrogen-bond donors (Lipinski definition) is 0. The normalized spacial score (nSPS) is 11.8. The number of ether oxygens (including phenoxy) is 1. The molecule has 0 aliphatic carbocycles. The molecule has 0 amide bonds. The molecule has 1 unspecified atom stereocenters. The lowest BCUT2D eigenvalue weighted by Gasteiger charge is -2.20. The van der Waals surface area contributed by atoms with Gasteiger partial charge in [0, 0.05) is 53.4 Å². The Balaban J connectivity index is 2.18. The van der Waals surface area contributed by atoms with Gasteiger partial charge in [-0.05, 0) is 23.8 Å². The molecular formula is C16H18N2O4S. The van der Waals surface area contributed by atoms with E-state index < -0.39 is 15.7 Å². The molecule has 2 aromatic rings. The van der Waals surface area contributed by atoms with Gasteiger partial charge < -0.3 is 9.64 Å². The summed E-state index contributed by atoms with van der Waals surface area (Å²) in [7, 11) is 2.32. The Morgan fingerprint density at radius 2 is 1.87 bits per heavy atom. The Bertz CT molecular complexity index is 731. The Morgan fingerprint density at radius 1 is 1.22 bits per heavy atom. The first-order valence-electron chi connectivity index (χ1n) is 6.88. The summed E-state index contributed by atoms with van der Waals surface area (Å²) in [4.78, 5) is 13.2. The second-order valence-electron chi connectivity index (χ2n) is 5.07. The molecule has 0 radical (unpaired) electrons. The summed E-state index contributed by atoms with van der Waals surface area (Å²) in [5.74, 6) is 0.232. The van der Waals surface area contributed by atoms with E-state index in [1.165, 1.54) is 13.2 Å². The highest BCUT2D eigenvalue weighted by Gasteiger charge is 2.16. The molecule has 0 N–H and O–H groups in total. The molecule has 0 heterocycles. The molecule has 0 aromatic heterocycles. The zero-order valence-electron chi connectivity index (χ0n) is 13.2. The average molecular weight is 334 g/mol. The van der Waals surface area contributed by atoms with Gasteiger partial charge in [-0.15, -0.1) is 0 Å². The average Bonchev–Trinajstić information content (AvgIpc) is 2.54. The summed E-state index contributed by atoms with van der Waals surface area (Å²) in [6.07, 6.45) is 1.64. The van der Waals surface area contributed by atoms with Crippen LogP contribution in [0.2, 0.25) is 0 Å². The predicted octanol–water partition coefficient (Wildman–Crippen LogP) is 2.98. The van der Waals surface area contributed by atoms with Gasteiger partial charge in [0.25, 0.3) is 0 Å². The summed E-state index contributed by atoms with van der Waals surface area (Å²) < 4.78 is 16.5. The number of rotatable bonds is 6. The third-order valence-electron chi connectivity index (χ3n) is 3.48. The molecule has 0 spiro atoms. The smallest absolute Gasteiger partial charge is 0.311 e. The van der Waals surface area contributed by atoms with E-state index >= 15 is 0 Å². The molecule has 0 saturated carbocycles. The molecule has 7 heteroatoms. The molecule has 0 bridgehead atoms. The number of anilines is 1. The molecule has 0 aliphatic rings. The van der Waals surface area contributed by atoms with Crippen LogP contribution in [0.15, 0.2) is 47.4 Å². The van der Waals surface area contributed by atoms with E-state index in [9.17, 15) is 14.3 Å². The molecule has 0 fully saturated rings. The fourth-order valence-corrected chi connectivity index (χ4v) is 2.73. The van der Waals surface area contributed by atoms with Crippen molar-refractivity contribution in [1.29, 1.82) is 0 Å². The first-order valence-corrected chi connectivity index (χ1v) is 8.44. The van der Waals surface area contributed by atoms with Crippen molar-refractivity contribution in [2.75, 3.05) is 25.3 Å². The predicted molar refractivity (Wildman–Crippen MR) is 90.5 cm³/mol. The highest BCUT2D eigenvalue weighted by molar-refractivity contribution is 7.84. The summed E-state index contributed by atoms with van der Waals surface area (Å²) in [6.45, 7) is 0.623. The standard InChI is InChI=1S/C16H18N2O4S/c1-17(11-12-4-7-14(8-5-12)23(3)21)13-6-9-15(18(19)20)16(10-13)22-2/h4-10H,11H2,1-3H3. The Hall–Kier alpha value is -2.41. The van der Waals surface area contributed by atoms with E-state index in [0.717, 1.165) is 16.1 Å². The molecule has 0 saturated heterocycles. The quantitative estimate of drug-likeness (QED) is 0.600. The van der Waals surface area contributed by atoms with E-state index in [-0.39, 0.29) is 11.4 Å². The third kappa shape index (κ3) is 4.07. The fourth-order valence-electron chi connectivity index (χ4n) is 2.21. The van der Waals surface area contributed by atoms with Crippen molar-refractivity contribution in [1.82, 2.24) is 0 Å². The molecule has 2 rings (SSSR count). The van der Waals surface area contributed by atoms with Crippen LogP contribution in [0.25, 0.3) is 0 Å². The summed E-state index contributed by atoms with van der Waals surface area (Å²) in [5.41, 5.74) is 1.81. The minimum atomic E-state index is -0.991. The largest absolute Gasteiger partial charge is 0.490 e. The van der Waals surface area contributed by atoms with Crippen molar-refractivity contribution in [2.45, 2.75) is 11.4 Å². The van der Waals surface area contributed by atoms with Gasteiger partial charge in [0.2, 0.25) is 0 Å². The van der Waals surface area contributed by atoms with E-state index in [2.05, 4.69) is 0 Å². The van der Waals surface area contributed by atoms with Crippen molar-refractivity contribution in [3.8, 4) is 5.75 Å². The summed E-state index contributed by atoms with van der Waals surface area (Å²) >= 11 is 0. The fraction of sp³-hybridized carbons (Fsp3) is 0.250. The second kappa shape index (κ2) is 7.23. The Kier molecular flexibility index (Phi) is 5.33. The Morgan fingerprint density at radius 3 is 2.39 bits per heavy atom. The maximum atomic E-state index is 11.4. The van der Waals surface area contributed by atoms with Crippen LogP contribution in [0, 0.1) is 10.1 Å². The van der Waals surface area contributed by atoms with Crippen LogP contribution in [0.3, 0.4) is 0 Å². The van der Waals surface area contributed by atoms with Gasteiger partial charge in [-0.3, -0.25) is 14.3 Å². The van der Waals surface area contributed by atoms with Crippen LogP contribution >= 0.6 is 0 Å². The first-order chi connectivity index (χ1) is 10.9. The molecule has 2 aromatic carbocycles. The minimum absolute atomic E-state index is 0.0561. The van der Waals surface area contributed by atoms with Crippen molar-refractivity contribution in [3.05, 3.63) is 58.1 Å². The van der Waals surface area contributed by atoms with Gasteiger partial charge in [-0.25, -0.2) is 0 Å². The van der Waals surface area contributed by atoms with E-state index in [1.807, 2.05) is 36.2 Å². The number of nitro benzene ring substituents is 1. The lowest BCUT2D eigenvalue weighted by Crippen LogP contribution is -2.16. The number of nitrogens with zero attached hydrogens (tertiary/aromatic N) is 2. The zero-order valence-corrected chi connectivity index (χ0v) is 14.0. The molecular weight excluding hydrogens is 316 g/mol. The van der Waals surface area contributed by atoms with E-state index in [1.54, 1.807) is 18.4 Å². The van der Waals surface area contributed by atoms with Gasteiger partial charge in [0.15, 0.2) is 5.75 Å². The number of nitro groups is 1. The summed E-state index contributed by atoms with van der Waals surface area (Å²) in [5, 5.41) is 10.9. The molecule has 6 nitrogen and oxygen atoms in total. The zero-order chi connectivity index (χ0) is 17.0. The van der Waals surface area contributed by atoms with Crippen LogP contribution < -0.4 is 9.64 Å². The van der Waals surface area contributed by atoms with Gasteiger partial charge in [-0.2, -0.15) is 0 Å². The molecule has 0 aliphatic heterocycles. The maximum Gasteiger partial charge on any atom is 0.311 e. The third-order valence-corrected chi connectivity index (χ3v) is 4.41. The van der Waals surface area contributed by atoms with Crippen LogP contribution in [0.1, 0.15) is 5.56 Å². The molecule has 122 valence electrons. The van der Waals surface area contributed by atoms with Crippen molar-refractivity contribution < 1.29 is 13.9 Å². The highest BCUT2D eigenvalue weighted by Crippen LogP contribution is 2.31. The van der Waals surface area contributed by atoms with E-state index in [0.29, 0.717) is 6.54 Å². The first kappa shape index (κ1) is 17.0. The van der Waals surface area contributed by atoms with Crippen LogP contribution in [-0.4, -0.2) is 29.5 Å². The highest BCUT2D eigenvalue weighted by atomic mass is 32.2. The van der Waals surface area contributed by atoms with Crippen molar-refractivity contribution in [2.24, 2.45) is 0 Å². The van der Waals surface area contributed by atoms with Crippen molar-refractivity contribution >= 4 is 22.2 Å². The topological polar surface area (TPSA) is 72.7 Å². The van der Waals surface area contributed by atoms with Crippen LogP contribution in [-0.2, 0) is 17.3 Å². The van der Waals surface area contributed by atoms with Crippen LogP contribution in [0.4, 0.5) is 11.4 Å². The van der Waals surface area contributed by atoms with Gasteiger partial charge in [-0.1, -0.05) is 12.1 Å². The van der Waals surface area contributed by atoms with Gasteiger partial charge >= 0.3 is 5.69 Å². The van der Waals surface area contributed by atoms with Gasteiger partial charge in [0.1, 0.15) is 0 Å². The van der Waals surface area contributed by atoms with Gasteiger partial charge in [0.05, 0.1) is 12.0 Å². The summed E-state index contributed by atoms with van der Waals surface area (Å²) in [6, 6.07) is 12.3. The minimum Gasteiger partial charge on any atom is -0.490 e. The van der Waals surface area contributed by atoms with E-state index in [4.69, 9.17) is 4.74 Å². The maximum absolute atomic E-state index is 11.4. The van der Waals surface area contributed by atoms with Crippen LogP contribution in [0.5, 0.6) is 5.75 Å². The molecule has 23 heavy (non-hydrogen) atoms. The lowest BCUT2D eigenvalue weighted by atomic mass is 10.2. The number of benzene rings is 2.